The Morgan fingerprint density at radius 2 is 2.33 bits per heavy atom. The molecule has 0 saturated carbocycles. The lowest BCUT2D eigenvalue weighted by Gasteiger charge is -1.98. The number of aryl methyl sites for hydroxylation is 1. The van der Waals surface area contributed by atoms with Crippen molar-refractivity contribution in [1.82, 2.24) is 10.2 Å². The Morgan fingerprint density at radius 1 is 1.56 bits per heavy atom. The van der Waals surface area contributed by atoms with Gasteiger partial charge in [0.25, 0.3) is 0 Å². The highest BCUT2D eigenvalue weighted by atomic mass is 16.5. The summed E-state index contributed by atoms with van der Waals surface area (Å²) in [6.07, 6.45) is 1.60. The fourth-order valence-corrected chi connectivity index (χ4v) is 0.607. The molecule has 48 valence electrons. The molecule has 0 fully saturated rings. The van der Waals surface area contributed by atoms with Crippen LogP contribution in [0.2, 0.25) is 0 Å². The zero-order chi connectivity index (χ0) is 6.69. The van der Waals surface area contributed by atoms with Crippen LogP contribution in [0.15, 0.2) is 12.3 Å². The molecule has 0 radical (unpaired) electrons. The molecule has 0 N–H and O–H groups in total. The van der Waals surface area contributed by atoms with Crippen LogP contribution in [0.1, 0.15) is 5.69 Å². The Morgan fingerprint density at radius 3 is 2.78 bits per heavy atom. The van der Waals surface area contributed by atoms with E-state index in [4.69, 9.17) is 4.74 Å². The van der Waals surface area contributed by atoms with Crippen LogP contribution in [0.4, 0.5) is 0 Å². The topological polar surface area (TPSA) is 35.0 Å². The van der Waals surface area contributed by atoms with Gasteiger partial charge in [-0.15, -0.1) is 0 Å². The second-order valence-electron chi connectivity index (χ2n) is 1.68. The van der Waals surface area contributed by atoms with Crippen molar-refractivity contribution in [2.45, 2.75) is 6.92 Å². The molecule has 9 heavy (non-hydrogen) atoms. The first-order valence-corrected chi connectivity index (χ1v) is 2.67. The van der Waals surface area contributed by atoms with Gasteiger partial charge in [-0.2, -0.15) is 10.2 Å². The van der Waals surface area contributed by atoms with Crippen LogP contribution in [0.25, 0.3) is 0 Å². The van der Waals surface area contributed by atoms with Gasteiger partial charge in [-0.3, -0.25) is 0 Å². The summed E-state index contributed by atoms with van der Waals surface area (Å²) >= 11 is 0. The highest BCUT2D eigenvalue weighted by Crippen LogP contribution is 2.10. The highest BCUT2D eigenvalue weighted by molar-refractivity contribution is 5.22. The van der Waals surface area contributed by atoms with Crippen LogP contribution in [-0.4, -0.2) is 17.3 Å². The van der Waals surface area contributed by atoms with Gasteiger partial charge < -0.3 is 4.74 Å². The summed E-state index contributed by atoms with van der Waals surface area (Å²) in [6.45, 7) is 1.85. The van der Waals surface area contributed by atoms with Crippen LogP contribution in [0.5, 0.6) is 5.75 Å². The van der Waals surface area contributed by atoms with E-state index in [1.165, 1.54) is 0 Å². The van der Waals surface area contributed by atoms with E-state index >= 15 is 0 Å². The molecule has 0 amide bonds. The van der Waals surface area contributed by atoms with Crippen molar-refractivity contribution in [1.29, 1.82) is 0 Å². The second-order valence-corrected chi connectivity index (χ2v) is 1.68. The summed E-state index contributed by atoms with van der Waals surface area (Å²) in [4.78, 5) is 0. The molecular weight excluding hydrogens is 116 g/mol. The molecule has 0 aliphatic carbocycles. The first kappa shape index (κ1) is 6.01. The lowest BCUT2D eigenvalue weighted by Crippen LogP contribution is -1.90. The van der Waals surface area contributed by atoms with Crippen molar-refractivity contribution >= 4 is 0 Å². The highest BCUT2D eigenvalue weighted by Gasteiger charge is 1.93. The van der Waals surface area contributed by atoms with E-state index < -0.39 is 0 Å². The Balaban J connectivity index is 3.01. The molecule has 0 bridgehead atoms. The van der Waals surface area contributed by atoms with Gasteiger partial charge in [-0.1, -0.05) is 0 Å². The molecule has 1 aromatic rings. The minimum Gasteiger partial charge on any atom is -0.495 e. The van der Waals surface area contributed by atoms with E-state index in [1.807, 2.05) is 6.92 Å². The average Bonchev–Trinajstić information content (AvgIpc) is 1.89. The van der Waals surface area contributed by atoms with Gasteiger partial charge in [0.2, 0.25) is 0 Å². The molecule has 3 heteroatoms. The number of ether oxygens (including phenoxy) is 1. The summed E-state index contributed by atoms with van der Waals surface area (Å²) < 4.78 is 4.94. The number of methoxy groups -OCH3 is 1. The Labute approximate surface area is 53.7 Å². The summed E-state index contributed by atoms with van der Waals surface area (Å²) in [7, 11) is 1.62. The third-order valence-electron chi connectivity index (χ3n) is 1.08. The van der Waals surface area contributed by atoms with Crippen molar-refractivity contribution in [2.75, 3.05) is 7.11 Å². The zero-order valence-corrected chi connectivity index (χ0v) is 5.46. The van der Waals surface area contributed by atoms with Crippen LogP contribution in [0.3, 0.4) is 0 Å². The molecule has 0 aromatic carbocycles. The molecular formula is C6H8N2O. The summed E-state index contributed by atoms with van der Waals surface area (Å²) in [5, 5.41) is 7.44. The van der Waals surface area contributed by atoms with Gasteiger partial charge in [0.15, 0.2) is 0 Å². The molecule has 0 spiro atoms. The molecule has 0 saturated heterocycles. The number of hydrogen-bond donors (Lipinski definition) is 0. The maximum Gasteiger partial charge on any atom is 0.143 e. The van der Waals surface area contributed by atoms with E-state index in [9.17, 15) is 0 Å². The normalized spacial score (nSPS) is 9.11. The van der Waals surface area contributed by atoms with Crippen molar-refractivity contribution in [3.63, 3.8) is 0 Å². The average molecular weight is 124 g/mol. The van der Waals surface area contributed by atoms with Gasteiger partial charge >= 0.3 is 0 Å². The Bertz CT molecular complexity index is 200. The Hall–Kier alpha value is -1.12. The fourth-order valence-electron chi connectivity index (χ4n) is 0.607. The maximum atomic E-state index is 4.94. The van der Waals surface area contributed by atoms with Crippen molar-refractivity contribution < 1.29 is 4.74 Å². The standard InChI is InChI=1S/C6H8N2O/c1-5-6(9-2)3-4-7-8-5/h3-4H,1-2H3. The lowest BCUT2D eigenvalue weighted by atomic mass is 10.4. The van der Waals surface area contributed by atoms with E-state index in [2.05, 4.69) is 10.2 Å². The van der Waals surface area contributed by atoms with Crippen LogP contribution >= 0.6 is 0 Å². The third kappa shape index (κ3) is 1.16. The van der Waals surface area contributed by atoms with Gasteiger partial charge in [-0.05, 0) is 6.92 Å². The Kier molecular flexibility index (Phi) is 1.63. The third-order valence-corrected chi connectivity index (χ3v) is 1.08. The number of hydrogen-bond acceptors (Lipinski definition) is 3. The first-order chi connectivity index (χ1) is 4.34. The molecule has 0 aliphatic heterocycles. The predicted molar refractivity (Wildman–Crippen MR) is 33.3 cm³/mol. The zero-order valence-electron chi connectivity index (χ0n) is 5.46. The van der Waals surface area contributed by atoms with Crippen molar-refractivity contribution in [3.05, 3.63) is 18.0 Å². The van der Waals surface area contributed by atoms with E-state index in [0.29, 0.717) is 0 Å². The molecule has 3 nitrogen and oxygen atoms in total. The summed E-state index contributed by atoms with van der Waals surface area (Å²) in [5.41, 5.74) is 0.819. The predicted octanol–water partition coefficient (Wildman–Crippen LogP) is 0.794. The maximum absolute atomic E-state index is 4.94. The molecule has 0 unspecified atom stereocenters. The summed E-state index contributed by atoms with van der Waals surface area (Å²) in [5.74, 6) is 0.782. The van der Waals surface area contributed by atoms with Gasteiger partial charge in [-0.25, -0.2) is 0 Å². The largest absolute Gasteiger partial charge is 0.495 e. The summed E-state index contributed by atoms with van der Waals surface area (Å²) in [6, 6.07) is 1.78. The fraction of sp³-hybridized carbons (Fsp3) is 0.333. The number of nitrogens with zero attached hydrogens (tertiary/aromatic N) is 2. The van der Waals surface area contributed by atoms with Crippen molar-refractivity contribution in [3.8, 4) is 5.75 Å². The quantitative estimate of drug-likeness (QED) is 0.555. The minimum atomic E-state index is 0.782. The van der Waals surface area contributed by atoms with Gasteiger partial charge in [0.1, 0.15) is 11.4 Å². The van der Waals surface area contributed by atoms with Crippen molar-refractivity contribution in [2.24, 2.45) is 0 Å². The van der Waals surface area contributed by atoms with E-state index in [1.54, 1.807) is 19.4 Å². The second kappa shape index (κ2) is 2.44. The van der Waals surface area contributed by atoms with Gasteiger partial charge in [0.05, 0.1) is 13.3 Å². The van der Waals surface area contributed by atoms with E-state index in [-0.39, 0.29) is 0 Å². The van der Waals surface area contributed by atoms with Crippen LogP contribution in [-0.2, 0) is 0 Å². The molecule has 1 heterocycles. The SMILES string of the molecule is COc1ccnnc1C. The lowest BCUT2D eigenvalue weighted by molar-refractivity contribution is 0.407. The van der Waals surface area contributed by atoms with Gasteiger partial charge in [0, 0.05) is 6.07 Å². The molecule has 0 atom stereocenters. The number of aromatic nitrogens is 2. The van der Waals surface area contributed by atoms with Crippen LogP contribution < -0.4 is 4.74 Å². The molecule has 1 aromatic heterocycles. The number of rotatable bonds is 1. The molecule has 1 rings (SSSR count). The monoisotopic (exact) mass is 124 g/mol. The van der Waals surface area contributed by atoms with Crippen LogP contribution in [0, 0.1) is 6.92 Å². The van der Waals surface area contributed by atoms with E-state index in [0.717, 1.165) is 11.4 Å². The minimum absolute atomic E-state index is 0.782. The molecule has 0 aliphatic rings. The first-order valence-electron chi connectivity index (χ1n) is 2.67. The smallest absolute Gasteiger partial charge is 0.143 e.